The van der Waals surface area contributed by atoms with Crippen molar-refractivity contribution in [3.05, 3.63) is 41.4 Å². The molecule has 1 aliphatic heterocycles. The Balaban J connectivity index is 1.58. The number of aryl methyl sites for hydroxylation is 2. The highest BCUT2D eigenvalue weighted by molar-refractivity contribution is 5.91. The summed E-state index contributed by atoms with van der Waals surface area (Å²) in [5.74, 6) is 1.52. The van der Waals surface area contributed by atoms with Crippen LogP contribution in [0.5, 0.6) is 0 Å². The lowest BCUT2D eigenvalue weighted by atomic mass is 10.1. The van der Waals surface area contributed by atoms with Gasteiger partial charge in [0, 0.05) is 32.1 Å². The van der Waals surface area contributed by atoms with Crippen molar-refractivity contribution < 1.29 is 14.0 Å². The zero-order valence-electron chi connectivity index (χ0n) is 13.3. The van der Waals surface area contributed by atoms with Crippen LogP contribution in [0.3, 0.4) is 0 Å². The quantitative estimate of drug-likeness (QED) is 0.886. The zero-order valence-corrected chi connectivity index (χ0v) is 13.3. The predicted molar refractivity (Wildman–Crippen MR) is 82.8 cm³/mol. The minimum Gasteiger partial charge on any atom is -0.454 e. The SMILES string of the molecule is CC(=O)NCc1ccc(C(=O)N[C@H]2CCc3nc(C)cn3C2)o1. The normalized spacial score (nSPS) is 16.7. The maximum Gasteiger partial charge on any atom is 0.287 e. The highest BCUT2D eigenvalue weighted by Crippen LogP contribution is 2.16. The van der Waals surface area contributed by atoms with Crippen molar-refractivity contribution in [1.29, 1.82) is 0 Å². The van der Waals surface area contributed by atoms with E-state index in [9.17, 15) is 9.59 Å². The molecule has 2 N–H and O–H groups in total. The van der Waals surface area contributed by atoms with Gasteiger partial charge in [-0.25, -0.2) is 4.98 Å². The van der Waals surface area contributed by atoms with E-state index < -0.39 is 0 Å². The van der Waals surface area contributed by atoms with Crippen LogP contribution in [0.4, 0.5) is 0 Å². The largest absolute Gasteiger partial charge is 0.454 e. The average Bonchev–Trinajstić information content (AvgIpc) is 3.10. The molecule has 3 heterocycles. The summed E-state index contributed by atoms with van der Waals surface area (Å²) in [6, 6.07) is 3.39. The van der Waals surface area contributed by atoms with Gasteiger partial charge in [0.25, 0.3) is 5.91 Å². The third-order valence-corrected chi connectivity index (χ3v) is 3.85. The van der Waals surface area contributed by atoms with Crippen LogP contribution >= 0.6 is 0 Å². The van der Waals surface area contributed by atoms with Gasteiger partial charge in [-0.05, 0) is 25.5 Å². The molecule has 1 aliphatic rings. The fourth-order valence-corrected chi connectivity index (χ4v) is 2.77. The highest BCUT2D eigenvalue weighted by atomic mass is 16.4. The molecule has 2 aromatic rings. The van der Waals surface area contributed by atoms with Crippen LogP contribution in [0.15, 0.2) is 22.7 Å². The maximum absolute atomic E-state index is 12.3. The number of nitrogens with zero attached hydrogens (tertiary/aromatic N) is 2. The molecule has 0 aliphatic carbocycles. The first-order chi connectivity index (χ1) is 11.0. The molecule has 2 amide bonds. The first-order valence-electron chi connectivity index (χ1n) is 7.68. The number of fused-ring (bicyclic) bond motifs is 1. The Kier molecular flexibility index (Phi) is 4.18. The minimum atomic E-state index is -0.232. The number of amides is 2. The molecule has 0 saturated heterocycles. The lowest BCUT2D eigenvalue weighted by molar-refractivity contribution is -0.119. The van der Waals surface area contributed by atoms with E-state index in [0.29, 0.717) is 5.76 Å². The topological polar surface area (TPSA) is 89.2 Å². The first-order valence-corrected chi connectivity index (χ1v) is 7.68. The average molecular weight is 316 g/mol. The molecule has 3 rings (SSSR count). The Morgan fingerprint density at radius 1 is 1.43 bits per heavy atom. The van der Waals surface area contributed by atoms with Crippen LogP contribution in [0.1, 0.15) is 41.2 Å². The van der Waals surface area contributed by atoms with Crippen LogP contribution < -0.4 is 10.6 Å². The van der Waals surface area contributed by atoms with Crippen molar-refractivity contribution in [2.24, 2.45) is 0 Å². The van der Waals surface area contributed by atoms with Gasteiger partial charge in [0.2, 0.25) is 5.91 Å². The second-order valence-corrected chi connectivity index (χ2v) is 5.84. The Morgan fingerprint density at radius 2 is 2.26 bits per heavy atom. The minimum absolute atomic E-state index is 0.0625. The Hall–Kier alpha value is -2.57. The zero-order chi connectivity index (χ0) is 16.4. The van der Waals surface area contributed by atoms with E-state index in [1.165, 1.54) is 6.92 Å². The lowest BCUT2D eigenvalue weighted by Gasteiger charge is -2.24. The number of nitrogens with one attached hydrogen (secondary N) is 2. The molecule has 0 saturated carbocycles. The predicted octanol–water partition coefficient (Wildman–Crippen LogP) is 1.17. The number of hydrogen-bond donors (Lipinski definition) is 2. The smallest absolute Gasteiger partial charge is 0.287 e. The van der Waals surface area contributed by atoms with Gasteiger partial charge in [-0.15, -0.1) is 0 Å². The number of carbonyl (C=O) groups is 2. The number of furan rings is 1. The van der Waals surface area contributed by atoms with E-state index in [2.05, 4.69) is 20.2 Å². The highest BCUT2D eigenvalue weighted by Gasteiger charge is 2.22. The van der Waals surface area contributed by atoms with Crippen LogP contribution in [-0.4, -0.2) is 27.4 Å². The van der Waals surface area contributed by atoms with Crippen molar-refractivity contribution in [2.75, 3.05) is 0 Å². The van der Waals surface area contributed by atoms with Crippen molar-refractivity contribution in [2.45, 2.75) is 45.8 Å². The van der Waals surface area contributed by atoms with Crippen LogP contribution in [0.25, 0.3) is 0 Å². The van der Waals surface area contributed by atoms with Gasteiger partial charge in [-0.3, -0.25) is 9.59 Å². The van der Waals surface area contributed by atoms with E-state index in [4.69, 9.17) is 4.42 Å². The number of hydrogen-bond acceptors (Lipinski definition) is 4. The summed E-state index contributed by atoms with van der Waals surface area (Å²) in [6.45, 7) is 4.41. The van der Waals surface area contributed by atoms with Gasteiger partial charge < -0.3 is 19.6 Å². The molecule has 0 unspecified atom stereocenters. The third kappa shape index (κ3) is 3.61. The summed E-state index contributed by atoms with van der Waals surface area (Å²) in [6.07, 6.45) is 3.72. The van der Waals surface area contributed by atoms with Gasteiger partial charge in [-0.2, -0.15) is 0 Å². The number of carbonyl (C=O) groups excluding carboxylic acids is 2. The fraction of sp³-hybridized carbons (Fsp3) is 0.438. The number of imidazole rings is 1. The molecule has 7 nitrogen and oxygen atoms in total. The molecule has 23 heavy (non-hydrogen) atoms. The summed E-state index contributed by atoms with van der Waals surface area (Å²) in [7, 11) is 0. The van der Waals surface area contributed by atoms with Gasteiger partial charge in [0.15, 0.2) is 5.76 Å². The van der Waals surface area contributed by atoms with E-state index in [0.717, 1.165) is 30.9 Å². The lowest BCUT2D eigenvalue weighted by Crippen LogP contribution is -2.40. The van der Waals surface area contributed by atoms with Crippen molar-refractivity contribution in [3.8, 4) is 0 Å². The fourth-order valence-electron chi connectivity index (χ4n) is 2.77. The summed E-state index contributed by atoms with van der Waals surface area (Å²) in [5, 5.41) is 5.63. The Morgan fingerprint density at radius 3 is 3.04 bits per heavy atom. The monoisotopic (exact) mass is 316 g/mol. The molecule has 0 radical (unpaired) electrons. The van der Waals surface area contributed by atoms with E-state index in [1.807, 2.05) is 13.1 Å². The molecule has 0 spiro atoms. The van der Waals surface area contributed by atoms with E-state index in [-0.39, 0.29) is 30.2 Å². The molecule has 2 aromatic heterocycles. The molecule has 1 atom stereocenters. The van der Waals surface area contributed by atoms with Gasteiger partial charge >= 0.3 is 0 Å². The molecule has 122 valence electrons. The second kappa shape index (κ2) is 6.28. The summed E-state index contributed by atoms with van der Waals surface area (Å²) < 4.78 is 7.56. The van der Waals surface area contributed by atoms with Gasteiger partial charge in [0.1, 0.15) is 11.6 Å². The molecule has 0 bridgehead atoms. The second-order valence-electron chi connectivity index (χ2n) is 5.84. The molecular formula is C16H20N4O3. The first kappa shape index (κ1) is 15.3. The maximum atomic E-state index is 12.3. The third-order valence-electron chi connectivity index (χ3n) is 3.85. The van der Waals surface area contributed by atoms with Crippen molar-refractivity contribution >= 4 is 11.8 Å². The van der Waals surface area contributed by atoms with Crippen LogP contribution in [0, 0.1) is 6.92 Å². The van der Waals surface area contributed by atoms with Crippen LogP contribution in [0.2, 0.25) is 0 Å². The number of rotatable bonds is 4. The van der Waals surface area contributed by atoms with Gasteiger partial charge in [0.05, 0.1) is 12.2 Å². The Labute approximate surface area is 134 Å². The summed E-state index contributed by atoms with van der Waals surface area (Å²) in [4.78, 5) is 27.6. The summed E-state index contributed by atoms with van der Waals surface area (Å²) >= 11 is 0. The van der Waals surface area contributed by atoms with Crippen LogP contribution in [-0.2, 0) is 24.3 Å². The molecular weight excluding hydrogens is 296 g/mol. The molecule has 7 heteroatoms. The van der Waals surface area contributed by atoms with E-state index >= 15 is 0 Å². The van der Waals surface area contributed by atoms with E-state index in [1.54, 1.807) is 12.1 Å². The van der Waals surface area contributed by atoms with Gasteiger partial charge in [-0.1, -0.05) is 0 Å². The number of aromatic nitrogens is 2. The Bertz CT molecular complexity index is 732. The standard InChI is InChI=1S/C16H20N4O3/c1-10-8-20-9-12(3-6-15(20)18-10)19-16(22)14-5-4-13(23-14)7-17-11(2)21/h4-5,8,12H,3,6-7,9H2,1-2H3,(H,17,21)(H,19,22)/t12-/m0/s1. The molecule has 0 aromatic carbocycles. The van der Waals surface area contributed by atoms with Crippen molar-refractivity contribution in [1.82, 2.24) is 20.2 Å². The summed E-state index contributed by atoms with van der Waals surface area (Å²) in [5.41, 5.74) is 1.00. The molecule has 0 fully saturated rings. The van der Waals surface area contributed by atoms with Crippen molar-refractivity contribution in [3.63, 3.8) is 0 Å².